The van der Waals surface area contributed by atoms with Crippen molar-refractivity contribution in [1.29, 1.82) is 0 Å². The molecule has 1 aromatic heterocycles. The number of aromatic nitrogens is 1. The average molecular weight is 377 g/mol. The zero-order valence-electron chi connectivity index (χ0n) is 15.7. The van der Waals surface area contributed by atoms with Crippen LogP contribution in [0.4, 0.5) is 5.69 Å². The quantitative estimate of drug-likeness (QED) is 0.435. The first kappa shape index (κ1) is 19.5. The number of carbonyl (C=O) groups excluding carboxylic acids is 1. The van der Waals surface area contributed by atoms with E-state index in [1.54, 1.807) is 17.6 Å². The largest absolute Gasteiger partial charge is 0.395 e. The second-order valence-corrected chi connectivity index (χ2v) is 6.59. The molecule has 0 fully saturated rings. The van der Waals surface area contributed by atoms with E-state index < -0.39 is 5.91 Å². The van der Waals surface area contributed by atoms with Crippen LogP contribution in [-0.2, 0) is 0 Å². The van der Waals surface area contributed by atoms with Crippen molar-refractivity contribution in [2.24, 2.45) is 0 Å². The molecule has 0 radical (unpaired) electrons. The monoisotopic (exact) mass is 377 g/mol. The van der Waals surface area contributed by atoms with Gasteiger partial charge in [-0.25, -0.2) is 5.48 Å². The van der Waals surface area contributed by atoms with Gasteiger partial charge in [0.2, 0.25) is 0 Å². The van der Waals surface area contributed by atoms with Gasteiger partial charge >= 0.3 is 0 Å². The standard InChI is InChI=1S/C22H23N3O3/c1-16(12-17-6-8-18(9-7-17)22(27)24-28)15-25(10-11-26)20-13-19-4-2-3-5-21(19)23-14-20/h2-9,12-14,26,28H,10-11,15H2,1H3,(H,24,27)/b16-12+. The average Bonchev–Trinajstić information content (AvgIpc) is 2.73. The number of fused-ring (bicyclic) bond motifs is 1. The Balaban J connectivity index is 1.78. The maximum Gasteiger partial charge on any atom is 0.274 e. The van der Waals surface area contributed by atoms with Gasteiger partial charge in [0.1, 0.15) is 0 Å². The van der Waals surface area contributed by atoms with E-state index in [0.29, 0.717) is 18.7 Å². The molecule has 1 heterocycles. The molecule has 0 aliphatic heterocycles. The number of anilines is 1. The fourth-order valence-corrected chi connectivity index (χ4v) is 3.08. The maximum absolute atomic E-state index is 11.4. The van der Waals surface area contributed by atoms with Crippen LogP contribution in [0.1, 0.15) is 22.8 Å². The second kappa shape index (κ2) is 9.12. The van der Waals surface area contributed by atoms with Crippen LogP contribution in [0.5, 0.6) is 0 Å². The van der Waals surface area contributed by atoms with Gasteiger partial charge in [-0.1, -0.05) is 42.0 Å². The van der Waals surface area contributed by atoms with Gasteiger partial charge in [0.15, 0.2) is 0 Å². The first-order valence-corrected chi connectivity index (χ1v) is 9.03. The summed E-state index contributed by atoms with van der Waals surface area (Å²) in [4.78, 5) is 18.0. The summed E-state index contributed by atoms with van der Waals surface area (Å²) in [6, 6.07) is 17.0. The summed E-state index contributed by atoms with van der Waals surface area (Å²) in [6.45, 7) is 3.21. The SMILES string of the molecule is C/C(=C\c1ccc(C(=O)NO)cc1)CN(CCO)c1cnc2ccccc2c1. The summed E-state index contributed by atoms with van der Waals surface area (Å²) in [5.41, 5.74) is 5.96. The summed E-state index contributed by atoms with van der Waals surface area (Å²) < 4.78 is 0. The fraction of sp³-hybridized carbons (Fsp3) is 0.182. The van der Waals surface area contributed by atoms with Gasteiger partial charge in [0.25, 0.3) is 5.91 Å². The number of nitrogens with zero attached hydrogens (tertiary/aromatic N) is 2. The minimum atomic E-state index is -0.537. The van der Waals surface area contributed by atoms with E-state index >= 15 is 0 Å². The molecule has 0 saturated carbocycles. The van der Waals surface area contributed by atoms with Gasteiger partial charge in [-0.15, -0.1) is 0 Å². The number of aliphatic hydroxyl groups excluding tert-OH is 1. The van der Waals surface area contributed by atoms with E-state index in [9.17, 15) is 9.90 Å². The van der Waals surface area contributed by atoms with E-state index in [4.69, 9.17) is 5.21 Å². The van der Waals surface area contributed by atoms with Crippen LogP contribution in [0.2, 0.25) is 0 Å². The smallest absolute Gasteiger partial charge is 0.274 e. The molecule has 0 atom stereocenters. The molecule has 0 spiro atoms. The number of hydrogen-bond acceptors (Lipinski definition) is 5. The summed E-state index contributed by atoms with van der Waals surface area (Å²) in [5.74, 6) is -0.537. The Labute approximate surface area is 163 Å². The van der Waals surface area contributed by atoms with Gasteiger partial charge in [0, 0.05) is 24.0 Å². The van der Waals surface area contributed by atoms with E-state index in [1.807, 2.05) is 55.6 Å². The third-order valence-electron chi connectivity index (χ3n) is 4.44. The topological polar surface area (TPSA) is 85.7 Å². The predicted molar refractivity (Wildman–Crippen MR) is 110 cm³/mol. The molecule has 0 aliphatic carbocycles. The Hall–Kier alpha value is -3.22. The number of pyridine rings is 1. The zero-order valence-corrected chi connectivity index (χ0v) is 15.7. The Bertz CT molecular complexity index is 984. The number of hydrogen-bond donors (Lipinski definition) is 3. The Morgan fingerprint density at radius 1 is 1.18 bits per heavy atom. The minimum Gasteiger partial charge on any atom is -0.395 e. The van der Waals surface area contributed by atoms with E-state index in [-0.39, 0.29) is 6.61 Å². The molecule has 3 rings (SSSR count). The van der Waals surface area contributed by atoms with Crippen molar-refractivity contribution < 1.29 is 15.1 Å². The molecule has 0 saturated heterocycles. The number of rotatable bonds is 7. The number of carbonyl (C=O) groups is 1. The van der Waals surface area contributed by atoms with E-state index in [0.717, 1.165) is 27.7 Å². The third-order valence-corrected chi connectivity index (χ3v) is 4.44. The number of aliphatic hydroxyl groups is 1. The van der Waals surface area contributed by atoms with Crippen molar-refractivity contribution in [2.45, 2.75) is 6.92 Å². The number of benzene rings is 2. The lowest BCUT2D eigenvalue weighted by molar-refractivity contribution is 0.0706. The molecule has 0 aliphatic rings. The number of hydroxylamine groups is 1. The predicted octanol–water partition coefficient (Wildman–Crippen LogP) is 3.26. The molecule has 0 unspecified atom stereocenters. The lowest BCUT2D eigenvalue weighted by Gasteiger charge is -2.24. The van der Waals surface area contributed by atoms with Crippen molar-refractivity contribution in [3.8, 4) is 0 Å². The van der Waals surface area contributed by atoms with Crippen LogP contribution in [0, 0.1) is 0 Å². The zero-order chi connectivity index (χ0) is 19.9. The second-order valence-electron chi connectivity index (χ2n) is 6.59. The van der Waals surface area contributed by atoms with Crippen molar-refractivity contribution >= 4 is 28.6 Å². The summed E-state index contributed by atoms with van der Waals surface area (Å²) in [6.07, 6.45) is 3.85. The molecule has 0 bridgehead atoms. The Morgan fingerprint density at radius 2 is 1.93 bits per heavy atom. The van der Waals surface area contributed by atoms with Gasteiger partial charge in [-0.3, -0.25) is 15.0 Å². The van der Waals surface area contributed by atoms with Crippen LogP contribution in [0.3, 0.4) is 0 Å². The number of para-hydroxylation sites is 1. The molecule has 6 nitrogen and oxygen atoms in total. The summed E-state index contributed by atoms with van der Waals surface area (Å²) >= 11 is 0. The molecule has 2 aromatic carbocycles. The fourth-order valence-electron chi connectivity index (χ4n) is 3.08. The first-order valence-electron chi connectivity index (χ1n) is 9.03. The third kappa shape index (κ3) is 4.73. The number of amides is 1. The first-order chi connectivity index (χ1) is 13.6. The molecule has 28 heavy (non-hydrogen) atoms. The minimum absolute atomic E-state index is 0.0467. The highest BCUT2D eigenvalue weighted by atomic mass is 16.5. The molecule has 6 heteroatoms. The lowest BCUT2D eigenvalue weighted by Crippen LogP contribution is -2.28. The Morgan fingerprint density at radius 3 is 2.64 bits per heavy atom. The lowest BCUT2D eigenvalue weighted by atomic mass is 10.1. The highest BCUT2D eigenvalue weighted by Crippen LogP contribution is 2.21. The maximum atomic E-state index is 11.4. The van der Waals surface area contributed by atoms with Crippen LogP contribution in [0.25, 0.3) is 17.0 Å². The van der Waals surface area contributed by atoms with Crippen molar-refractivity contribution in [3.63, 3.8) is 0 Å². The molecular weight excluding hydrogens is 354 g/mol. The molecule has 3 N–H and O–H groups in total. The van der Waals surface area contributed by atoms with Crippen molar-refractivity contribution in [3.05, 3.63) is 77.5 Å². The normalized spacial score (nSPS) is 11.5. The van der Waals surface area contributed by atoms with E-state index in [2.05, 4.69) is 16.0 Å². The van der Waals surface area contributed by atoms with Gasteiger partial charge in [0.05, 0.1) is 24.0 Å². The van der Waals surface area contributed by atoms with Gasteiger partial charge in [-0.05, 0) is 36.8 Å². The highest BCUT2D eigenvalue weighted by molar-refractivity contribution is 5.93. The highest BCUT2D eigenvalue weighted by Gasteiger charge is 2.09. The van der Waals surface area contributed by atoms with Gasteiger partial charge in [-0.2, -0.15) is 0 Å². The van der Waals surface area contributed by atoms with Crippen molar-refractivity contribution in [2.75, 3.05) is 24.6 Å². The number of nitrogens with one attached hydrogen (secondary N) is 1. The molecule has 1 amide bonds. The van der Waals surface area contributed by atoms with Crippen LogP contribution in [-0.4, -0.2) is 40.9 Å². The van der Waals surface area contributed by atoms with E-state index in [1.165, 1.54) is 0 Å². The summed E-state index contributed by atoms with van der Waals surface area (Å²) in [5, 5.41) is 19.2. The van der Waals surface area contributed by atoms with Crippen molar-refractivity contribution in [1.82, 2.24) is 10.5 Å². The summed E-state index contributed by atoms with van der Waals surface area (Å²) in [7, 11) is 0. The van der Waals surface area contributed by atoms with Crippen LogP contribution < -0.4 is 10.4 Å². The molecule has 3 aromatic rings. The van der Waals surface area contributed by atoms with Gasteiger partial charge < -0.3 is 10.0 Å². The Kier molecular flexibility index (Phi) is 6.37. The van der Waals surface area contributed by atoms with Crippen LogP contribution >= 0.6 is 0 Å². The molecule has 144 valence electrons. The van der Waals surface area contributed by atoms with Crippen LogP contribution in [0.15, 0.2) is 66.4 Å². The molecular formula is C22H23N3O3.